The van der Waals surface area contributed by atoms with Crippen LogP contribution in [0.5, 0.6) is 11.5 Å². The molecule has 2 aromatic rings. The van der Waals surface area contributed by atoms with E-state index in [-0.39, 0.29) is 12.4 Å². The van der Waals surface area contributed by atoms with Gasteiger partial charge in [-0.15, -0.1) is 0 Å². The minimum Gasteiger partial charge on any atom is -0.489 e. The van der Waals surface area contributed by atoms with Crippen LogP contribution in [-0.2, 0) is 6.61 Å². The summed E-state index contributed by atoms with van der Waals surface area (Å²) in [7, 11) is 0. The highest BCUT2D eigenvalue weighted by Crippen LogP contribution is 2.23. The van der Waals surface area contributed by atoms with Crippen molar-refractivity contribution in [1.82, 2.24) is 0 Å². The summed E-state index contributed by atoms with van der Waals surface area (Å²) in [6, 6.07) is 13.8. The molecule has 19 heavy (non-hydrogen) atoms. The van der Waals surface area contributed by atoms with Crippen molar-refractivity contribution in [3.8, 4) is 11.5 Å². The molecule has 0 N–H and O–H groups in total. The lowest BCUT2D eigenvalue weighted by molar-refractivity contribution is -0.0508. The van der Waals surface area contributed by atoms with E-state index in [4.69, 9.17) is 4.74 Å². The second-order valence-corrected chi connectivity index (χ2v) is 4.64. The van der Waals surface area contributed by atoms with Gasteiger partial charge in [-0.2, -0.15) is 8.78 Å². The number of halogens is 3. The third-order valence-corrected chi connectivity index (χ3v) is 2.93. The summed E-state index contributed by atoms with van der Waals surface area (Å²) in [6.07, 6.45) is 0. The highest BCUT2D eigenvalue weighted by molar-refractivity contribution is 9.10. The van der Waals surface area contributed by atoms with E-state index in [9.17, 15) is 8.78 Å². The zero-order valence-electron chi connectivity index (χ0n) is 9.85. The van der Waals surface area contributed by atoms with Gasteiger partial charge in [0.25, 0.3) is 0 Å². The lowest BCUT2D eigenvalue weighted by Crippen LogP contribution is -2.06. The van der Waals surface area contributed by atoms with Crippen molar-refractivity contribution in [3.63, 3.8) is 0 Å². The van der Waals surface area contributed by atoms with Crippen molar-refractivity contribution in [1.29, 1.82) is 0 Å². The van der Waals surface area contributed by atoms with Gasteiger partial charge in [-0.1, -0.05) is 34.1 Å². The molecule has 5 heteroatoms. The number of hydrogen-bond donors (Lipinski definition) is 0. The van der Waals surface area contributed by atoms with Crippen molar-refractivity contribution in [2.75, 3.05) is 0 Å². The summed E-state index contributed by atoms with van der Waals surface area (Å²) < 4.78 is 35.4. The van der Waals surface area contributed by atoms with E-state index < -0.39 is 6.61 Å². The highest BCUT2D eigenvalue weighted by atomic mass is 79.9. The fourth-order valence-electron chi connectivity index (χ4n) is 1.53. The van der Waals surface area contributed by atoms with E-state index in [0.29, 0.717) is 11.3 Å². The summed E-state index contributed by atoms with van der Waals surface area (Å²) in [5, 5.41) is 0. The van der Waals surface area contributed by atoms with Crippen LogP contribution < -0.4 is 9.47 Å². The number of benzene rings is 2. The van der Waals surface area contributed by atoms with Crippen molar-refractivity contribution >= 4 is 15.9 Å². The highest BCUT2D eigenvalue weighted by Gasteiger charge is 2.09. The summed E-state index contributed by atoms with van der Waals surface area (Å²) in [5.74, 6) is 0.796. The fourth-order valence-corrected chi connectivity index (χ4v) is 1.79. The Hall–Kier alpha value is -1.62. The molecule has 0 saturated heterocycles. The summed E-state index contributed by atoms with van der Waals surface area (Å²) in [6.45, 7) is -2.67. The zero-order chi connectivity index (χ0) is 13.7. The van der Waals surface area contributed by atoms with Crippen LogP contribution in [0.1, 0.15) is 5.56 Å². The Labute approximate surface area is 118 Å². The second kappa shape index (κ2) is 6.52. The molecule has 0 fully saturated rings. The Kier molecular flexibility index (Phi) is 4.74. The van der Waals surface area contributed by atoms with E-state index in [2.05, 4.69) is 20.7 Å². The molecule has 0 aliphatic heterocycles. The van der Waals surface area contributed by atoms with Gasteiger partial charge in [-0.3, -0.25) is 0 Å². The average Bonchev–Trinajstić information content (AvgIpc) is 2.39. The van der Waals surface area contributed by atoms with Crippen LogP contribution in [0.2, 0.25) is 0 Å². The van der Waals surface area contributed by atoms with Gasteiger partial charge < -0.3 is 9.47 Å². The molecule has 2 nitrogen and oxygen atoms in total. The maximum Gasteiger partial charge on any atom is 0.387 e. The topological polar surface area (TPSA) is 18.5 Å². The van der Waals surface area contributed by atoms with Gasteiger partial charge in [0.2, 0.25) is 0 Å². The maximum atomic E-state index is 12.2. The smallest absolute Gasteiger partial charge is 0.387 e. The lowest BCUT2D eigenvalue weighted by atomic mass is 10.2. The fraction of sp³-hybridized carbons (Fsp3) is 0.143. The van der Waals surface area contributed by atoms with Gasteiger partial charge in [0, 0.05) is 10.0 Å². The Bertz CT molecular complexity index is 529. The van der Waals surface area contributed by atoms with E-state index in [1.54, 1.807) is 30.3 Å². The van der Waals surface area contributed by atoms with Crippen LogP contribution in [0.15, 0.2) is 53.0 Å². The Morgan fingerprint density at radius 1 is 1.00 bits per heavy atom. The van der Waals surface area contributed by atoms with Gasteiger partial charge in [0.1, 0.15) is 18.1 Å². The van der Waals surface area contributed by atoms with Crippen LogP contribution >= 0.6 is 15.9 Å². The molecule has 2 rings (SSSR count). The molecule has 100 valence electrons. The first-order chi connectivity index (χ1) is 9.15. The van der Waals surface area contributed by atoms with Crippen LogP contribution in [0.3, 0.4) is 0 Å². The largest absolute Gasteiger partial charge is 0.489 e. The van der Waals surface area contributed by atoms with Crippen molar-refractivity contribution in [2.45, 2.75) is 13.2 Å². The molecule has 0 aliphatic rings. The van der Waals surface area contributed by atoms with Crippen LogP contribution in [0, 0.1) is 0 Å². The first-order valence-corrected chi connectivity index (χ1v) is 6.35. The van der Waals surface area contributed by atoms with E-state index in [0.717, 1.165) is 4.47 Å². The number of hydrogen-bond acceptors (Lipinski definition) is 2. The predicted molar refractivity (Wildman–Crippen MR) is 71.5 cm³/mol. The average molecular weight is 329 g/mol. The molecule has 0 heterocycles. The number of para-hydroxylation sites is 1. The van der Waals surface area contributed by atoms with Gasteiger partial charge in [0.05, 0.1) is 0 Å². The molecule has 0 amide bonds. The van der Waals surface area contributed by atoms with Crippen molar-refractivity contribution in [3.05, 3.63) is 58.6 Å². The monoisotopic (exact) mass is 328 g/mol. The normalized spacial score (nSPS) is 10.5. The van der Waals surface area contributed by atoms with E-state index in [1.165, 1.54) is 6.07 Å². The second-order valence-electron chi connectivity index (χ2n) is 3.73. The lowest BCUT2D eigenvalue weighted by Gasteiger charge is -2.11. The predicted octanol–water partition coefficient (Wildman–Crippen LogP) is 4.63. The molecular weight excluding hydrogens is 318 g/mol. The Balaban J connectivity index is 2.04. The molecule has 2 aromatic carbocycles. The molecule has 0 unspecified atom stereocenters. The number of ether oxygens (including phenoxy) is 2. The van der Waals surface area contributed by atoms with Crippen LogP contribution in [-0.4, -0.2) is 6.61 Å². The quantitative estimate of drug-likeness (QED) is 0.796. The molecule has 0 radical (unpaired) electrons. The van der Waals surface area contributed by atoms with Gasteiger partial charge >= 0.3 is 6.61 Å². The zero-order valence-corrected chi connectivity index (χ0v) is 11.4. The minimum atomic E-state index is -2.84. The summed E-state index contributed by atoms with van der Waals surface area (Å²) in [5.41, 5.74) is 0.575. The molecule has 0 bridgehead atoms. The Morgan fingerprint density at radius 3 is 2.37 bits per heavy atom. The van der Waals surface area contributed by atoms with Crippen LogP contribution in [0.25, 0.3) is 0 Å². The first kappa shape index (κ1) is 13.8. The van der Waals surface area contributed by atoms with Gasteiger partial charge in [0.15, 0.2) is 0 Å². The van der Waals surface area contributed by atoms with Gasteiger partial charge in [-0.05, 0) is 30.3 Å². The Morgan fingerprint density at radius 2 is 1.68 bits per heavy atom. The van der Waals surface area contributed by atoms with Crippen molar-refractivity contribution < 1.29 is 18.3 Å². The molecule has 0 aliphatic carbocycles. The maximum absolute atomic E-state index is 12.2. The third kappa shape index (κ3) is 4.21. The molecule has 0 saturated carbocycles. The molecule has 0 spiro atoms. The molecule has 0 aromatic heterocycles. The summed E-state index contributed by atoms with van der Waals surface area (Å²) >= 11 is 3.32. The third-order valence-electron chi connectivity index (χ3n) is 2.40. The van der Waals surface area contributed by atoms with Gasteiger partial charge in [-0.25, -0.2) is 0 Å². The number of rotatable bonds is 5. The first-order valence-electron chi connectivity index (χ1n) is 5.56. The standard InChI is InChI=1S/C14H11BrF2O2/c15-11-5-7-12(8-6-11)18-9-10-3-1-2-4-13(10)19-14(16)17/h1-8,14H,9H2. The molecular formula is C14H11BrF2O2. The SMILES string of the molecule is FC(F)Oc1ccccc1COc1ccc(Br)cc1. The van der Waals surface area contributed by atoms with Crippen molar-refractivity contribution in [2.24, 2.45) is 0 Å². The molecule has 0 atom stereocenters. The number of alkyl halides is 2. The summed E-state index contributed by atoms with van der Waals surface area (Å²) in [4.78, 5) is 0. The van der Waals surface area contributed by atoms with E-state index in [1.807, 2.05) is 12.1 Å². The van der Waals surface area contributed by atoms with Crippen LogP contribution in [0.4, 0.5) is 8.78 Å². The van der Waals surface area contributed by atoms with E-state index >= 15 is 0 Å². The minimum absolute atomic E-state index is 0.134.